The molecule has 2 aliphatic heterocycles. The fourth-order valence-corrected chi connectivity index (χ4v) is 5.15. The molecule has 6 heteroatoms. The number of nitrogens with one attached hydrogen (secondary N) is 1. The van der Waals surface area contributed by atoms with Crippen molar-refractivity contribution in [3.63, 3.8) is 0 Å². The van der Waals surface area contributed by atoms with Gasteiger partial charge in [-0.1, -0.05) is 44.2 Å². The normalized spacial score (nSPS) is 18.0. The molecular formula is C31H44N6. The summed E-state index contributed by atoms with van der Waals surface area (Å²) in [4.78, 5) is 12.0. The zero-order valence-corrected chi connectivity index (χ0v) is 23.1. The second-order valence-electron chi connectivity index (χ2n) is 10.5. The fraction of sp³-hybridized carbons (Fsp3) is 0.452. The van der Waals surface area contributed by atoms with Gasteiger partial charge in [-0.25, -0.2) is 0 Å². The largest absolute Gasteiger partial charge is 0.372 e. The Labute approximate surface area is 223 Å². The number of rotatable bonds is 9. The molecule has 1 saturated heterocycles. The van der Waals surface area contributed by atoms with E-state index in [1.54, 1.807) is 0 Å². The van der Waals surface area contributed by atoms with Gasteiger partial charge in [-0.15, -0.1) is 0 Å². The Kier molecular flexibility index (Phi) is 9.06. The van der Waals surface area contributed by atoms with Crippen LogP contribution in [-0.4, -0.2) is 66.3 Å². The molecule has 0 aromatic heterocycles. The van der Waals surface area contributed by atoms with Crippen LogP contribution in [0.3, 0.4) is 0 Å². The summed E-state index contributed by atoms with van der Waals surface area (Å²) in [6, 6.07) is 15.4. The van der Waals surface area contributed by atoms with E-state index in [1.165, 1.54) is 22.4 Å². The first-order chi connectivity index (χ1) is 17.8. The quantitative estimate of drug-likeness (QED) is 0.483. The number of nitrogens with two attached hydrogens (primary N) is 1. The topological polar surface area (TPSA) is 60.1 Å². The predicted molar refractivity (Wildman–Crippen MR) is 157 cm³/mol. The maximum absolute atomic E-state index is 6.14. The van der Waals surface area contributed by atoms with Crippen LogP contribution in [0.2, 0.25) is 0 Å². The molecule has 2 heterocycles. The van der Waals surface area contributed by atoms with Gasteiger partial charge in [-0.2, -0.15) is 0 Å². The molecule has 0 bridgehead atoms. The van der Waals surface area contributed by atoms with E-state index in [0.29, 0.717) is 0 Å². The number of hydrogen-bond acceptors (Lipinski definition) is 6. The van der Waals surface area contributed by atoms with E-state index in [2.05, 4.69) is 96.0 Å². The number of aryl methyl sites for hydroxylation is 1. The Morgan fingerprint density at radius 2 is 1.86 bits per heavy atom. The monoisotopic (exact) mass is 500 g/mol. The molecule has 0 amide bonds. The van der Waals surface area contributed by atoms with Crippen LogP contribution < -0.4 is 11.1 Å². The molecule has 37 heavy (non-hydrogen) atoms. The first-order valence-corrected chi connectivity index (χ1v) is 13.7. The molecule has 198 valence electrons. The van der Waals surface area contributed by atoms with E-state index < -0.39 is 0 Å². The van der Waals surface area contributed by atoms with E-state index in [1.807, 2.05) is 6.92 Å². The van der Waals surface area contributed by atoms with E-state index in [9.17, 15) is 0 Å². The second-order valence-corrected chi connectivity index (χ2v) is 10.5. The number of anilines is 1. The highest BCUT2D eigenvalue weighted by Crippen LogP contribution is 2.25. The van der Waals surface area contributed by atoms with Crippen molar-refractivity contribution < 1.29 is 0 Å². The summed E-state index contributed by atoms with van der Waals surface area (Å²) in [7, 11) is 2.18. The molecule has 3 N–H and O–H groups in total. The predicted octanol–water partition coefficient (Wildman–Crippen LogP) is 4.83. The molecule has 6 nitrogen and oxygen atoms in total. The van der Waals surface area contributed by atoms with Gasteiger partial charge >= 0.3 is 0 Å². The van der Waals surface area contributed by atoms with Gasteiger partial charge in [0.25, 0.3) is 0 Å². The van der Waals surface area contributed by atoms with Gasteiger partial charge < -0.3 is 25.8 Å². The third-order valence-electron chi connectivity index (χ3n) is 7.34. The summed E-state index contributed by atoms with van der Waals surface area (Å²) in [5.74, 6) is 0.944. The zero-order valence-electron chi connectivity index (χ0n) is 23.1. The Morgan fingerprint density at radius 1 is 1.08 bits per heavy atom. The molecule has 0 spiro atoms. The Morgan fingerprint density at radius 3 is 2.59 bits per heavy atom. The lowest BCUT2D eigenvalue weighted by Gasteiger charge is -2.34. The molecule has 1 atom stereocenters. The lowest BCUT2D eigenvalue weighted by Crippen LogP contribution is -2.43. The standard InChI is InChI=1S/C31H44N6/c1-6-8-26-9-7-10-30(20-26)34-25(4)37-14-13-27-11-12-28(21-29(27)22-37)31(33-24(3)32)19-23(2)36-17-15-35(5)16-18-36/h7,9-12,19-21,24,34H,4,6,8,13-18,22,32H2,1-3,5H3/b23-19+,33-31+. The Balaban J connectivity index is 1.50. The number of hydrogen-bond donors (Lipinski definition) is 2. The molecule has 2 aliphatic rings. The third kappa shape index (κ3) is 7.24. The SMILES string of the molecule is C=C(Nc1cccc(CCC)c1)N1CCc2ccc(C(/C=C(\C)N3CCN(C)CC3)=N/C(C)N)cc2C1. The van der Waals surface area contributed by atoms with Gasteiger partial charge in [-0.3, -0.25) is 4.99 Å². The summed E-state index contributed by atoms with van der Waals surface area (Å²) in [6.07, 6.45) is 5.19. The Hall–Kier alpha value is -3.09. The lowest BCUT2D eigenvalue weighted by molar-refractivity contribution is 0.187. The van der Waals surface area contributed by atoms with Crippen molar-refractivity contribution >= 4 is 11.4 Å². The fourth-order valence-electron chi connectivity index (χ4n) is 5.15. The van der Waals surface area contributed by atoms with Crippen molar-refractivity contribution in [2.45, 2.75) is 52.7 Å². The van der Waals surface area contributed by atoms with Gasteiger partial charge in [-0.05, 0) is 74.7 Å². The van der Waals surface area contributed by atoms with Gasteiger partial charge in [0.2, 0.25) is 0 Å². The van der Waals surface area contributed by atoms with Crippen LogP contribution in [0.15, 0.2) is 71.6 Å². The first kappa shape index (κ1) is 27.0. The molecule has 0 saturated carbocycles. The van der Waals surface area contributed by atoms with Gasteiger partial charge in [0.1, 0.15) is 0 Å². The minimum atomic E-state index is -0.258. The average Bonchev–Trinajstić information content (AvgIpc) is 2.88. The van der Waals surface area contributed by atoms with Crippen LogP contribution >= 0.6 is 0 Å². The maximum atomic E-state index is 6.14. The van der Waals surface area contributed by atoms with Crippen LogP contribution in [0.4, 0.5) is 5.69 Å². The number of likely N-dealkylation sites (N-methyl/N-ethyl adjacent to an activating group) is 1. The molecule has 2 aromatic carbocycles. The van der Waals surface area contributed by atoms with Crippen LogP contribution in [-0.2, 0) is 19.4 Å². The summed E-state index contributed by atoms with van der Waals surface area (Å²) in [6.45, 7) is 16.7. The maximum Gasteiger partial charge on any atom is 0.0986 e. The third-order valence-corrected chi connectivity index (χ3v) is 7.34. The van der Waals surface area contributed by atoms with E-state index in [4.69, 9.17) is 10.7 Å². The first-order valence-electron chi connectivity index (χ1n) is 13.7. The van der Waals surface area contributed by atoms with E-state index in [-0.39, 0.29) is 6.17 Å². The number of benzene rings is 2. The summed E-state index contributed by atoms with van der Waals surface area (Å²) in [5, 5.41) is 3.54. The molecule has 1 fully saturated rings. The smallest absolute Gasteiger partial charge is 0.0986 e. The van der Waals surface area contributed by atoms with Crippen molar-refractivity contribution in [2.75, 3.05) is 45.1 Å². The van der Waals surface area contributed by atoms with Crippen LogP contribution in [0.1, 0.15) is 49.4 Å². The summed E-state index contributed by atoms with van der Waals surface area (Å²) in [5.41, 5.74) is 14.7. The number of allylic oxidation sites excluding steroid dienone is 2. The number of piperazine rings is 1. The van der Waals surface area contributed by atoms with Crippen molar-refractivity contribution in [3.8, 4) is 0 Å². The van der Waals surface area contributed by atoms with E-state index >= 15 is 0 Å². The molecule has 0 aliphatic carbocycles. The van der Waals surface area contributed by atoms with Gasteiger partial charge in [0.15, 0.2) is 0 Å². The molecule has 2 aromatic rings. The van der Waals surface area contributed by atoms with Crippen molar-refractivity contribution in [1.29, 1.82) is 0 Å². The molecule has 4 rings (SSSR count). The zero-order chi connectivity index (χ0) is 26.4. The molecule has 1 unspecified atom stereocenters. The highest BCUT2D eigenvalue weighted by molar-refractivity contribution is 6.09. The van der Waals surface area contributed by atoms with Crippen molar-refractivity contribution in [1.82, 2.24) is 14.7 Å². The van der Waals surface area contributed by atoms with Crippen LogP contribution in [0.5, 0.6) is 0 Å². The minimum absolute atomic E-state index is 0.258. The van der Waals surface area contributed by atoms with Crippen molar-refractivity contribution in [3.05, 3.63) is 88.9 Å². The highest BCUT2D eigenvalue weighted by Gasteiger charge is 2.20. The van der Waals surface area contributed by atoms with Crippen molar-refractivity contribution in [2.24, 2.45) is 10.7 Å². The average molecular weight is 501 g/mol. The van der Waals surface area contributed by atoms with Crippen LogP contribution in [0.25, 0.3) is 0 Å². The lowest BCUT2D eigenvalue weighted by atomic mass is 9.95. The van der Waals surface area contributed by atoms with Gasteiger partial charge in [0, 0.05) is 56.2 Å². The molecular weight excluding hydrogens is 456 g/mol. The number of aliphatic imine (C=N–C) groups is 1. The number of nitrogens with zero attached hydrogens (tertiary/aromatic N) is 4. The van der Waals surface area contributed by atoms with E-state index in [0.717, 1.165) is 81.3 Å². The minimum Gasteiger partial charge on any atom is -0.372 e. The van der Waals surface area contributed by atoms with Gasteiger partial charge in [0.05, 0.1) is 17.7 Å². The number of fused-ring (bicyclic) bond motifs is 1. The highest BCUT2D eigenvalue weighted by atomic mass is 15.3. The Bertz CT molecular complexity index is 1140. The molecule has 0 radical (unpaired) electrons. The summed E-state index contributed by atoms with van der Waals surface area (Å²) >= 11 is 0. The summed E-state index contributed by atoms with van der Waals surface area (Å²) < 4.78 is 0. The van der Waals surface area contributed by atoms with Crippen LogP contribution in [0, 0.1) is 0 Å². The second kappa shape index (κ2) is 12.4.